The number of benzene rings is 3. The van der Waals surface area contributed by atoms with Crippen LogP contribution in [0.4, 0.5) is 5.69 Å². The van der Waals surface area contributed by atoms with Crippen LogP contribution in [0.1, 0.15) is 56.0 Å². The van der Waals surface area contributed by atoms with Crippen molar-refractivity contribution >= 4 is 27.5 Å². The van der Waals surface area contributed by atoms with Gasteiger partial charge in [-0.05, 0) is 81.1 Å². The fourth-order valence-corrected chi connectivity index (χ4v) is 6.91. The van der Waals surface area contributed by atoms with Crippen molar-refractivity contribution < 1.29 is 37.3 Å². The number of hydrogen-bond acceptors (Lipinski definition) is 8. The van der Waals surface area contributed by atoms with Crippen LogP contribution in [0.3, 0.4) is 0 Å². The van der Waals surface area contributed by atoms with Crippen LogP contribution < -0.4 is 14.8 Å². The second-order valence-corrected chi connectivity index (χ2v) is 14.7. The summed E-state index contributed by atoms with van der Waals surface area (Å²) in [4.78, 5) is 29.0. The molecule has 0 fully saturated rings. The number of anilines is 1. The summed E-state index contributed by atoms with van der Waals surface area (Å²) in [7, 11) is -0.814. The van der Waals surface area contributed by atoms with Crippen molar-refractivity contribution in [1.29, 1.82) is 0 Å². The van der Waals surface area contributed by atoms with Gasteiger partial charge in [0.05, 0.1) is 48.8 Å². The molecule has 1 aliphatic rings. The zero-order chi connectivity index (χ0) is 35.6. The molecule has 2 amide bonds. The molecule has 0 bridgehead atoms. The third-order valence-corrected chi connectivity index (χ3v) is 10.6. The summed E-state index contributed by atoms with van der Waals surface area (Å²) in [6.07, 6.45) is 1.64. The smallest absolute Gasteiger partial charge is 0.258 e. The zero-order valence-electron chi connectivity index (χ0n) is 29.0. The van der Waals surface area contributed by atoms with Crippen molar-refractivity contribution in [3.8, 4) is 11.5 Å². The molecule has 1 heterocycles. The van der Waals surface area contributed by atoms with Gasteiger partial charge in [-0.15, -0.1) is 0 Å². The Morgan fingerprint density at radius 1 is 1.08 bits per heavy atom. The van der Waals surface area contributed by atoms with E-state index in [1.807, 2.05) is 44.2 Å². The number of nitrogens with one attached hydrogen (secondary N) is 1. The lowest BCUT2D eigenvalue weighted by Crippen LogP contribution is -2.48. The van der Waals surface area contributed by atoms with Gasteiger partial charge in [0.2, 0.25) is 15.9 Å². The Labute approximate surface area is 290 Å². The molecule has 0 saturated heterocycles. The van der Waals surface area contributed by atoms with E-state index < -0.39 is 22.2 Å². The molecule has 0 aliphatic carbocycles. The number of hydrogen-bond donors (Lipinski definition) is 2. The van der Waals surface area contributed by atoms with Crippen molar-refractivity contribution in [3.63, 3.8) is 0 Å². The van der Waals surface area contributed by atoms with E-state index in [1.54, 1.807) is 42.2 Å². The normalized spacial score (nSPS) is 20.1. The number of methoxy groups -OCH3 is 1. The van der Waals surface area contributed by atoms with Crippen molar-refractivity contribution in [2.75, 3.05) is 45.8 Å². The van der Waals surface area contributed by atoms with Crippen LogP contribution in [0.2, 0.25) is 0 Å². The van der Waals surface area contributed by atoms with Crippen LogP contribution >= 0.6 is 0 Å². The van der Waals surface area contributed by atoms with Crippen molar-refractivity contribution in [3.05, 3.63) is 83.9 Å². The molecule has 4 atom stereocenters. The molecular formula is C37H49N3O8S. The molecule has 3 aromatic rings. The van der Waals surface area contributed by atoms with Crippen LogP contribution in [-0.4, -0.2) is 93.3 Å². The fraction of sp³-hybridized carbons (Fsp3) is 0.459. The molecule has 12 heteroatoms. The van der Waals surface area contributed by atoms with Crippen LogP contribution in [0.5, 0.6) is 11.5 Å². The third kappa shape index (κ3) is 10.3. The number of sulfonamides is 1. The summed E-state index contributed by atoms with van der Waals surface area (Å²) in [5.74, 6) is -0.000203. The number of carbonyl (C=O) groups is 2. The Bertz CT molecular complexity index is 1640. The first kappa shape index (κ1) is 37.8. The summed E-state index contributed by atoms with van der Waals surface area (Å²) in [5, 5.41) is 13.1. The molecule has 0 spiro atoms. The molecule has 3 aromatic carbocycles. The lowest BCUT2D eigenvalue weighted by Gasteiger charge is -2.35. The first-order chi connectivity index (χ1) is 23.4. The zero-order valence-corrected chi connectivity index (χ0v) is 29.8. The fourth-order valence-electron chi connectivity index (χ4n) is 5.73. The molecular weight excluding hydrogens is 646 g/mol. The minimum atomic E-state index is -3.85. The van der Waals surface area contributed by atoms with E-state index in [9.17, 15) is 23.1 Å². The summed E-state index contributed by atoms with van der Waals surface area (Å²) in [5.41, 5.74) is 1.56. The number of carbonyl (C=O) groups excluding carboxylic acids is 2. The summed E-state index contributed by atoms with van der Waals surface area (Å²) in [6, 6.07) is 20.0. The van der Waals surface area contributed by atoms with Crippen molar-refractivity contribution in [1.82, 2.24) is 9.21 Å². The Morgan fingerprint density at radius 3 is 2.47 bits per heavy atom. The molecule has 0 aromatic heterocycles. The molecule has 0 radical (unpaired) electrons. The number of amides is 2. The Kier molecular flexibility index (Phi) is 13.6. The number of aliphatic hydroxyl groups excluding tert-OH is 1. The Morgan fingerprint density at radius 2 is 1.80 bits per heavy atom. The van der Waals surface area contributed by atoms with Gasteiger partial charge >= 0.3 is 0 Å². The van der Waals surface area contributed by atoms with Gasteiger partial charge in [-0.3, -0.25) is 9.59 Å². The maximum absolute atomic E-state index is 14.4. The van der Waals surface area contributed by atoms with Gasteiger partial charge in [-0.2, -0.15) is 4.31 Å². The van der Waals surface area contributed by atoms with Gasteiger partial charge in [0.15, 0.2) is 0 Å². The largest absolute Gasteiger partial charge is 0.497 e. The van der Waals surface area contributed by atoms with Gasteiger partial charge in [0.1, 0.15) is 11.5 Å². The van der Waals surface area contributed by atoms with E-state index in [1.165, 1.54) is 30.6 Å². The standard InChI is InChI=1S/C37H49N3O8S/c1-26-23-40(27(2)25-41)37(43)33-22-30(38-36(42)21-29-12-7-6-8-13-29)14-19-34(33)48-28(3)11-9-10-20-47-35(26)24-39(4)49(44,45)32-17-15-31(46-5)16-18-32/h6-8,12-19,22,26-28,35,41H,9-11,20-21,23-25H2,1-5H3,(H,38,42)/t26-,27-,28-,35+/m0/s1. The molecule has 4 rings (SSSR count). The second kappa shape index (κ2) is 17.6. The average molecular weight is 696 g/mol. The number of likely N-dealkylation sites (N-methyl/N-ethyl adjacent to an activating group) is 1. The average Bonchev–Trinajstić information content (AvgIpc) is 3.09. The second-order valence-electron chi connectivity index (χ2n) is 12.7. The SMILES string of the molecule is COc1ccc(S(=O)(=O)N(C)C[C@H]2OCCCC[C@H](C)Oc3ccc(NC(=O)Cc4ccccc4)cc3C(=O)N([C@@H](C)CO)C[C@@H]2C)cc1. The first-order valence-electron chi connectivity index (χ1n) is 16.7. The van der Waals surface area contributed by atoms with Crippen LogP contribution in [0.25, 0.3) is 0 Å². The van der Waals surface area contributed by atoms with Crippen LogP contribution in [-0.2, 0) is 26.0 Å². The van der Waals surface area contributed by atoms with Gasteiger partial charge < -0.3 is 29.5 Å². The number of rotatable bonds is 10. The highest BCUT2D eigenvalue weighted by Gasteiger charge is 2.32. The van der Waals surface area contributed by atoms with E-state index in [4.69, 9.17) is 14.2 Å². The molecule has 266 valence electrons. The highest BCUT2D eigenvalue weighted by Crippen LogP contribution is 2.29. The predicted octanol–water partition coefficient (Wildman–Crippen LogP) is 4.99. The molecule has 49 heavy (non-hydrogen) atoms. The van der Waals surface area contributed by atoms with Crippen LogP contribution in [0.15, 0.2) is 77.7 Å². The maximum atomic E-state index is 14.4. The molecule has 0 saturated carbocycles. The van der Waals surface area contributed by atoms with Gasteiger partial charge in [-0.25, -0.2) is 8.42 Å². The third-order valence-electron chi connectivity index (χ3n) is 8.75. The minimum absolute atomic E-state index is 0.0543. The number of ether oxygens (including phenoxy) is 3. The van der Waals surface area contributed by atoms with E-state index in [0.717, 1.165) is 18.4 Å². The number of nitrogens with zero attached hydrogens (tertiary/aromatic N) is 2. The molecule has 0 unspecified atom stereocenters. The van der Waals surface area contributed by atoms with Crippen LogP contribution in [0, 0.1) is 5.92 Å². The summed E-state index contributed by atoms with van der Waals surface area (Å²) < 4.78 is 46.1. The van der Waals surface area contributed by atoms with E-state index in [-0.39, 0.29) is 60.4 Å². The van der Waals surface area contributed by atoms with Gasteiger partial charge in [-0.1, -0.05) is 37.3 Å². The highest BCUT2D eigenvalue weighted by atomic mass is 32.2. The summed E-state index contributed by atoms with van der Waals surface area (Å²) in [6.45, 7) is 5.93. The monoisotopic (exact) mass is 695 g/mol. The van der Waals surface area contributed by atoms with Gasteiger partial charge in [0, 0.05) is 38.3 Å². The minimum Gasteiger partial charge on any atom is -0.497 e. The van der Waals surface area contributed by atoms with E-state index >= 15 is 0 Å². The molecule has 2 N–H and O–H groups in total. The van der Waals surface area contributed by atoms with Gasteiger partial charge in [0.25, 0.3) is 5.91 Å². The number of fused-ring (bicyclic) bond motifs is 1. The lowest BCUT2D eigenvalue weighted by atomic mass is 10.0. The lowest BCUT2D eigenvalue weighted by molar-refractivity contribution is -0.115. The summed E-state index contributed by atoms with van der Waals surface area (Å²) >= 11 is 0. The van der Waals surface area contributed by atoms with Crippen molar-refractivity contribution in [2.24, 2.45) is 5.92 Å². The molecule has 1 aliphatic heterocycles. The predicted molar refractivity (Wildman–Crippen MR) is 188 cm³/mol. The Hall–Kier alpha value is -3.97. The van der Waals surface area contributed by atoms with Crippen molar-refractivity contribution in [2.45, 2.75) is 69.6 Å². The van der Waals surface area contributed by atoms with E-state index in [0.29, 0.717) is 30.2 Å². The van der Waals surface area contributed by atoms with E-state index in [2.05, 4.69) is 5.32 Å². The maximum Gasteiger partial charge on any atom is 0.258 e. The molecule has 11 nitrogen and oxygen atoms in total. The Balaban J connectivity index is 1.62. The quantitative estimate of drug-likeness (QED) is 0.303. The highest BCUT2D eigenvalue weighted by molar-refractivity contribution is 7.89. The topological polar surface area (TPSA) is 135 Å². The first-order valence-corrected chi connectivity index (χ1v) is 18.1. The number of aliphatic hydroxyl groups is 1.